The Hall–Kier alpha value is -4.35. The van der Waals surface area contributed by atoms with Gasteiger partial charge in [0.1, 0.15) is 5.56 Å². The summed E-state index contributed by atoms with van der Waals surface area (Å²) >= 11 is 0. The van der Waals surface area contributed by atoms with Crippen molar-refractivity contribution in [2.24, 2.45) is 7.05 Å². The number of hydrogen-bond acceptors (Lipinski definition) is 6. The van der Waals surface area contributed by atoms with Gasteiger partial charge >= 0.3 is 23.6 Å². The van der Waals surface area contributed by atoms with Crippen LogP contribution in [0.5, 0.6) is 0 Å². The Balaban J connectivity index is 1.95. The number of halogens is 3. The Morgan fingerprint density at radius 3 is 2.50 bits per heavy atom. The lowest BCUT2D eigenvalue weighted by Gasteiger charge is -2.16. The van der Waals surface area contributed by atoms with Gasteiger partial charge < -0.3 is 9.15 Å². The molecule has 0 fully saturated rings. The first-order valence-corrected chi connectivity index (χ1v) is 10.7. The van der Waals surface area contributed by atoms with Crippen molar-refractivity contribution < 1.29 is 27.1 Å². The number of fused-ring (bicyclic) bond motifs is 1. The minimum Gasteiger partial charge on any atom is -0.462 e. The van der Waals surface area contributed by atoms with Gasteiger partial charge in [-0.25, -0.2) is 14.4 Å². The summed E-state index contributed by atoms with van der Waals surface area (Å²) in [7, 11) is 1.50. The second-order valence-corrected chi connectivity index (χ2v) is 7.97. The molecule has 0 N–H and O–H groups in total. The maximum atomic E-state index is 13.4. The van der Waals surface area contributed by atoms with Crippen LogP contribution in [0.1, 0.15) is 34.0 Å². The molecule has 0 aliphatic heterocycles. The van der Waals surface area contributed by atoms with E-state index in [4.69, 9.17) is 9.15 Å². The number of rotatable bonds is 5. The second-order valence-electron chi connectivity index (χ2n) is 7.97. The fraction of sp³-hybridized carbons (Fsp3) is 0.250. The molecule has 9 nitrogen and oxygen atoms in total. The monoisotopic (exact) mass is 503 g/mol. The van der Waals surface area contributed by atoms with Crippen molar-refractivity contribution >= 4 is 17.1 Å². The molecule has 2 heterocycles. The van der Waals surface area contributed by atoms with E-state index in [1.54, 1.807) is 0 Å². The topological polar surface area (TPSA) is 105 Å². The Morgan fingerprint density at radius 2 is 1.83 bits per heavy atom. The van der Waals surface area contributed by atoms with E-state index in [9.17, 15) is 32.3 Å². The van der Waals surface area contributed by atoms with Crippen molar-refractivity contribution in [3.63, 3.8) is 0 Å². The van der Waals surface area contributed by atoms with Crippen molar-refractivity contribution in [2.45, 2.75) is 26.6 Å². The van der Waals surface area contributed by atoms with Crippen LogP contribution in [0.4, 0.5) is 13.2 Å². The Kier molecular flexibility index (Phi) is 6.21. The lowest BCUT2D eigenvalue weighted by Crippen LogP contribution is -2.42. The molecule has 0 aliphatic carbocycles. The van der Waals surface area contributed by atoms with Crippen LogP contribution in [-0.4, -0.2) is 26.3 Å². The average Bonchev–Trinajstić information content (AvgIpc) is 3.09. The highest BCUT2D eigenvalue weighted by Crippen LogP contribution is 2.33. The molecule has 2 aromatic heterocycles. The number of oxazole rings is 1. The molecule has 0 radical (unpaired) electrons. The van der Waals surface area contributed by atoms with Crippen LogP contribution in [0, 0.1) is 6.92 Å². The zero-order valence-electron chi connectivity index (χ0n) is 19.4. The molecular formula is C24H20F3N3O6. The summed E-state index contributed by atoms with van der Waals surface area (Å²) < 4.78 is 53.2. The van der Waals surface area contributed by atoms with E-state index < -0.39 is 46.8 Å². The van der Waals surface area contributed by atoms with E-state index >= 15 is 0 Å². The number of hydrogen-bond donors (Lipinski definition) is 0. The minimum absolute atomic E-state index is 0.0503. The van der Waals surface area contributed by atoms with Gasteiger partial charge in [0.2, 0.25) is 0 Å². The van der Waals surface area contributed by atoms with Gasteiger partial charge in [0.15, 0.2) is 5.58 Å². The van der Waals surface area contributed by atoms with E-state index in [2.05, 4.69) is 0 Å². The Bertz CT molecular complexity index is 1670. The van der Waals surface area contributed by atoms with Gasteiger partial charge in [0.25, 0.3) is 5.56 Å². The first kappa shape index (κ1) is 24.8. The van der Waals surface area contributed by atoms with Crippen LogP contribution < -0.4 is 17.0 Å². The van der Waals surface area contributed by atoms with Crippen LogP contribution in [0.15, 0.2) is 61.4 Å². The van der Waals surface area contributed by atoms with Crippen molar-refractivity contribution in [2.75, 3.05) is 6.61 Å². The molecule has 12 heteroatoms. The fourth-order valence-electron chi connectivity index (χ4n) is 3.88. The van der Waals surface area contributed by atoms with E-state index in [0.717, 1.165) is 16.8 Å². The molecule has 0 saturated heterocycles. The predicted molar refractivity (Wildman–Crippen MR) is 123 cm³/mol. The summed E-state index contributed by atoms with van der Waals surface area (Å²) in [6.45, 7) is 2.20. The highest BCUT2D eigenvalue weighted by Gasteiger charge is 2.33. The van der Waals surface area contributed by atoms with Gasteiger partial charge in [-0.15, -0.1) is 0 Å². The number of nitrogens with zero attached hydrogens (tertiary/aromatic N) is 3. The SMILES string of the molecule is CCOC(=O)c1cn(-c2ccc3c(c2)oc(=O)n3C)c(=O)n(Cc2cccc(C(F)(F)F)c2C)c1=O. The summed E-state index contributed by atoms with van der Waals surface area (Å²) in [5.41, 5.74) is -2.66. The molecule has 0 saturated carbocycles. The van der Waals surface area contributed by atoms with Gasteiger partial charge in [-0.05, 0) is 43.2 Å². The molecular weight excluding hydrogens is 483 g/mol. The summed E-state index contributed by atoms with van der Waals surface area (Å²) in [5.74, 6) is -1.63. The largest absolute Gasteiger partial charge is 0.462 e. The normalized spacial score (nSPS) is 11.7. The summed E-state index contributed by atoms with van der Waals surface area (Å²) in [4.78, 5) is 50.9. The number of esters is 1. The van der Waals surface area contributed by atoms with Crippen molar-refractivity contribution in [1.29, 1.82) is 0 Å². The number of aromatic nitrogens is 3. The first-order chi connectivity index (χ1) is 16.9. The standard InChI is InChI=1S/C24H20F3N3O6/c1-4-35-21(32)16-12-29(15-8-9-18-19(10-15)36-23(34)28(18)3)22(33)30(20(16)31)11-14-6-5-7-17(13(14)2)24(25,26)27/h5-10,12H,4,11H2,1-3H3. The van der Waals surface area contributed by atoms with Crippen LogP contribution in [-0.2, 0) is 24.5 Å². The lowest BCUT2D eigenvalue weighted by atomic mass is 10.0. The van der Waals surface area contributed by atoms with Crippen molar-refractivity contribution in [3.05, 3.63) is 96.2 Å². The number of aryl methyl sites for hydroxylation is 1. The molecule has 4 aromatic rings. The molecule has 36 heavy (non-hydrogen) atoms. The zero-order chi connectivity index (χ0) is 26.4. The van der Waals surface area contributed by atoms with E-state index in [1.807, 2.05) is 0 Å². The Labute approximate surface area is 200 Å². The van der Waals surface area contributed by atoms with Crippen molar-refractivity contribution in [1.82, 2.24) is 13.7 Å². The van der Waals surface area contributed by atoms with Gasteiger partial charge in [0, 0.05) is 19.3 Å². The predicted octanol–water partition coefficient (Wildman–Crippen LogP) is 3.00. The highest BCUT2D eigenvalue weighted by atomic mass is 19.4. The molecule has 0 unspecified atom stereocenters. The smallest absolute Gasteiger partial charge is 0.419 e. The number of carbonyl (C=O) groups excluding carboxylic acids is 1. The Morgan fingerprint density at radius 1 is 1.11 bits per heavy atom. The minimum atomic E-state index is -4.63. The average molecular weight is 503 g/mol. The molecule has 0 aliphatic rings. The summed E-state index contributed by atoms with van der Waals surface area (Å²) in [5, 5.41) is 0. The quantitative estimate of drug-likeness (QED) is 0.388. The summed E-state index contributed by atoms with van der Waals surface area (Å²) in [6, 6.07) is 7.80. The second kappa shape index (κ2) is 9.02. The van der Waals surface area contributed by atoms with Gasteiger partial charge in [0.05, 0.1) is 29.9 Å². The molecule has 0 spiro atoms. The first-order valence-electron chi connectivity index (χ1n) is 10.7. The molecule has 2 aromatic carbocycles. The van der Waals surface area contributed by atoms with Crippen molar-refractivity contribution in [3.8, 4) is 5.69 Å². The third kappa shape index (κ3) is 4.25. The van der Waals surface area contributed by atoms with Crippen LogP contribution in [0.25, 0.3) is 16.8 Å². The number of ether oxygens (including phenoxy) is 1. The van der Waals surface area contributed by atoms with E-state index in [0.29, 0.717) is 10.1 Å². The molecule has 0 amide bonds. The van der Waals surface area contributed by atoms with Crippen LogP contribution in [0.3, 0.4) is 0 Å². The third-order valence-electron chi connectivity index (χ3n) is 5.80. The van der Waals surface area contributed by atoms with Gasteiger partial charge in [-0.3, -0.25) is 18.5 Å². The molecule has 0 atom stereocenters. The number of carbonyl (C=O) groups is 1. The zero-order valence-corrected chi connectivity index (χ0v) is 19.4. The maximum Gasteiger partial charge on any atom is 0.419 e. The lowest BCUT2D eigenvalue weighted by molar-refractivity contribution is -0.138. The van der Waals surface area contributed by atoms with Gasteiger partial charge in [-0.2, -0.15) is 13.2 Å². The van der Waals surface area contributed by atoms with Crippen LogP contribution >= 0.6 is 0 Å². The molecule has 188 valence electrons. The van der Waals surface area contributed by atoms with Gasteiger partial charge in [-0.1, -0.05) is 12.1 Å². The highest BCUT2D eigenvalue weighted by molar-refractivity contribution is 5.88. The molecule has 4 rings (SSSR count). The number of alkyl halides is 3. The van der Waals surface area contributed by atoms with Crippen LogP contribution in [0.2, 0.25) is 0 Å². The maximum absolute atomic E-state index is 13.4. The fourth-order valence-corrected chi connectivity index (χ4v) is 3.88. The number of benzene rings is 2. The van der Waals surface area contributed by atoms with E-state index in [1.165, 1.54) is 55.8 Å². The summed E-state index contributed by atoms with van der Waals surface area (Å²) in [6.07, 6.45) is -3.63. The molecule has 0 bridgehead atoms. The third-order valence-corrected chi connectivity index (χ3v) is 5.80. The van der Waals surface area contributed by atoms with E-state index in [-0.39, 0.29) is 29.0 Å².